The predicted octanol–water partition coefficient (Wildman–Crippen LogP) is 3.87. The summed E-state index contributed by atoms with van der Waals surface area (Å²) in [5.74, 6) is -1.22. The van der Waals surface area contributed by atoms with Gasteiger partial charge in [0.25, 0.3) is 5.88 Å². The van der Waals surface area contributed by atoms with Gasteiger partial charge in [0.05, 0.1) is 32.5 Å². The molecule has 0 amide bonds. The number of nitrogens with zero attached hydrogens (tertiary/aromatic N) is 5. The zero-order valence-electron chi connectivity index (χ0n) is 20.4. The van der Waals surface area contributed by atoms with Crippen LogP contribution in [0.1, 0.15) is 30.0 Å². The molecule has 1 aliphatic heterocycles. The van der Waals surface area contributed by atoms with Gasteiger partial charge in [0.2, 0.25) is 11.7 Å². The second-order valence-corrected chi connectivity index (χ2v) is 9.98. The number of halogens is 3. The summed E-state index contributed by atoms with van der Waals surface area (Å²) < 4.78 is 79.7. The number of hydrogen-bond donors (Lipinski definition) is 0. The maximum absolute atomic E-state index is 13.2. The Hall–Kier alpha value is -3.39. The average Bonchev–Trinajstić information content (AvgIpc) is 3.52. The van der Waals surface area contributed by atoms with Crippen molar-refractivity contribution in [3.05, 3.63) is 47.8 Å². The number of methoxy groups -OCH3 is 2. The number of aromatic nitrogens is 4. The zero-order valence-corrected chi connectivity index (χ0v) is 21.2. The minimum atomic E-state index is -6.03. The number of ether oxygens (including phenoxy) is 2. The standard InChI is InChI=1S/C23H26F3N5O5S/c1-15-6-8-16(9-7-15)18-5-4-10-31(18)22-28-19(17-13-27-30(14-17)11-12-34-2)20(35-3)21(29-22)36-37(32,33)23(24,25)26/h6-9,13-14,18H,4-5,10-12H2,1-3H3/t18-/m0/s1. The van der Waals surface area contributed by atoms with Crippen LogP contribution >= 0.6 is 0 Å². The maximum atomic E-state index is 13.2. The molecule has 0 unspecified atom stereocenters. The van der Waals surface area contributed by atoms with E-state index in [9.17, 15) is 21.6 Å². The molecule has 14 heteroatoms. The third-order valence-electron chi connectivity index (χ3n) is 5.90. The van der Waals surface area contributed by atoms with E-state index in [1.54, 1.807) is 10.9 Å². The van der Waals surface area contributed by atoms with Crippen LogP contribution in [-0.4, -0.2) is 61.0 Å². The van der Waals surface area contributed by atoms with Crippen LogP contribution in [0.5, 0.6) is 11.6 Å². The summed E-state index contributed by atoms with van der Waals surface area (Å²) in [6, 6.07) is 7.69. The Kier molecular flexibility index (Phi) is 7.59. The van der Waals surface area contributed by atoms with Crippen molar-refractivity contribution in [2.24, 2.45) is 0 Å². The Morgan fingerprint density at radius 3 is 2.51 bits per heavy atom. The SMILES string of the molecule is COCCn1cc(-c2nc(N3CCC[C@H]3c3ccc(C)cc3)nc(OS(=O)(=O)C(F)(F)F)c2OC)cn1. The van der Waals surface area contributed by atoms with Gasteiger partial charge in [0.1, 0.15) is 5.69 Å². The van der Waals surface area contributed by atoms with Gasteiger partial charge in [-0.05, 0) is 25.3 Å². The van der Waals surface area contributed by atoms with E-state index >= 15 is 0 Å². The highest BCUT2D eigenvalue weighted by atomic mass is 32.2. The second-order valence-electron chi connectivity index (χ2n) is 8.44. The first-order valence-corrected chi connectivity index (χ1v) is 12.8. The zero-order chi connectivity index (χ0) is 26.8. The molecular weight excluding hydrogens is 515 g/mol. The Balaban J connectivity index is 1.84. The van der Waals surface area contributed by atoms with Gasteiger partial charge in [-0.2, -0.15) is 31.7 Å². The van der Waals surface area contributed by atoms with Gasteiger partial charge in [0, 0.05) is 25.4 Å². The Labute approximate surface area is 212 Å². The highest BCUT2D eigenvalue weighted by Crippen LogP contribution is 2.42. The van der Waals surface area contributed by atoms with Gasteiger partial charge >= 0.3 is 15.6 Å². The lowest BCUT2D eigenvalue weighted by Gasteiger charge is -2.26. The van der Waals surface area contributed by atoms with Crippen molar-refractivity contribution in [1.82, 2.24) is 19.7 Å². The van der Waals surface area contributed by atoms with Crippen LogP contribution in [0.2, 0.25) is 0 Å². The van der Waals surface area contributed by atoms with Gasteiger partial charge in [0.15, 0.2) is 0 Å². The fourth-order valence-electron chi connectivity index (χ4n) is 4.07. The molecule has 0 N–H and O–H groups in total. The summed E-state index contributed by atoms with van der Waals surface area (Å²) >= 11 is 0. The van der Waals surface area contributed by atoms with Gasteiger partial charge in [-0.1, -0.05) is 29.8 Å². The minimum absolute atomic E-state index is 0.0101. The molecule has 0 bridgehead atoms. The van der Waals surface area contributed by atoms with Crippen LogP contribution < -0.4 is 13.8 Å². The van der Waals surface area contributed by atoms with Crippen molar-refractivity contribution in [3.63, 3.8) is 0 Å². The molecule has 4 rings (SSSR count). The first kappa shape index (κ1) is 26.7. The first-order chi connectivity index (χ1) is 17.5. The Morgan fingerprint density at radius 1 is 1.14 bits per heavy atom. The van der Waals surface area contributed by atoms with E-state index in [2.05, 4.69) is 19.2 Å². The lowest BCUT2D eigenvalue weighted by Crippen LogP contribution is -2.29. The van der Waals surface area contributed by atoms with Crippen LogP contribution in [0, 0.1) is 6.92 Å². The van der Waals surface area contributed by atoms with Gasteiger partial charge < -0.3 is 18.6 Å². The molecule has 200 valence electrons. The van der Waals surface area contributed by atoms with E-state index in [4.69, 9.17) is 9.47 Å². The molecule has 1 aliphatic rings. The molecule has 0 radical (unpaired) electrons. The van der Waals surface area contributed by atoms with Crippen molar-refractivity contribution in [1.29, 1.82) is 0 Å². The van der Waals surface area contributed by atoms with E-state index in [1.165, 1.54) is 13.3 Å². The number of hydrogen-bond acceptors (Lipinski definition) is 9. The van der Waals surface area contributed by atoms with Crippen molar-refractivity contribution in [2.75, 3.05) is 32.3 Å². The van der Waals surface area contributed by atoms with Crippen LogP contribution in [0.15, 0.2) is 36.7 Å². The fourth-order valence-corrected chi connectivity index (χ4v) is 4.48. The summed E-state index contributed by atoms with van der Waals surface area (Å²) in [5.41, 5.74) is -3.20. The van der Waals surface area contributed by atoms with Crippen LogP contribution in [-0.2, 0) is 21.4 Å². The normalized spacial score (nSPS) is 16.3. The van der Waals surface area contributed by atoms with Crippen molar-refractivity contribution < 1.29 is 35.2 Å². The Bertz CT molecular complexity index is 1350. The van der Waals surface area contributed by atoms with Gasteiger partial charge in [-0.25, -0.2) is 4.98 Å². The molecule has 1 fully saturated rings. The molecule has 0 aliphatic carbocycles. The lowest BCUT2D eigenvalue weighted by atomic mass is 10.0. The minimum Gasteiger partial charge on any atom is -0.490 e. The van der Waals surface area contributed by atoms with E-state index < -0.39 is 21.5 Å². The molecule has 1 aromatic carbocycles. The molecule has 37 heavy (non-hydrogen) atoms. The average molecular weight is 542 g/mol. The Morgan fingerprint density at radius 2 is 1.86 bits per heavy atom. The molecule has 0 saturated carbocycles. The maximum Gasteiger partial charge on any atom is 0.534 e. The topological polar surface area (TPSA) is 109 Å². The lowest BCUT2D eigenvalue weighted by molar-refractivity contribution is -0.0501. The summed E-state index contributed by atoms with van der Waals surface area (Å²) in [7, 11) is -3.33. The number of aryl methyl sites for hydroxylation is 1. The van der Waals surface area contributed by atoms with Crippen molar-refractivity contribution >= 4 is 16.1 Å². The number of alkyl halides is 3. The van der Waals surface area contributed by atoms with E-state index in [0.29, 0.717) is 25.3 Å². The van der Waals surface area contributed by atoms with Gasteiger partial charge in [-0.3, -0.25) is 4.68 Å². The molecule has 1 saturated heterocycles. The molecule has 10 nitrogen and oxygen atoms in total. The summed E-state index contributed by atoms with van der Waals surface area (Å²) in [5, 5.41) is 4.21. The third-order valence-corrected chi connectivity index (χ3v) is 6.85. The third kappa shape index (κ3) is 5.64. The highest BCUT2D eigenvalue weighted by molar-refractivity contribution is 7.88. The quantitative estimate of drug-likeness (QED) is 0.295. The predicted molar refractivity (Wildman–Crippen MR) is 128 cm³/mol. The smallest absolute Gasteiger partial charge is 0.490 e. The largest absolute Gasteiger partial charge is 0.534 e. The monoisotopic (exact) mass is 541 g/mol. The van der Waals surface area contributed by atoms with Crippen LogP contribution in [0.25, 0.3) is 11.3 Å². The molecule has 3 heterocycles. The van der Waals surface area contributed by atoms with E-state index in [1.807, 2.05) is 36.1 Å². The summed E-state index contributed by atoms with van der Waals surface area (Å²) in [4.78, 5) is 10.5. The van der Waals surface area contributed by atoms with Crippen LogP contribution in [0.3, 0.4) is 0 Å². The molecule has 2 aromatic heterocycles. The van der Waals surface area contributed by atoms with Crippen molar-refractivity contribution in [2.45, 2.75) is 37.9 Å². The van der Waals surface area contributed by atoms with Crippen molar-refractivity contribution in [3.8, 4) is 22.9 Å². The molecule has 3 aromatic rings. The summed E-state index contributed by atoms with van der Waals surface area (Å²) in [6.07, 6.45) is 4.56. The summed E-state index contributed by atoms with van der Waals surface area (Å²) in [6.45, 7) is 3.25. The first-order valence-electron chi connectivity index (χ1n) is 11.4. The number of anilines is 1. The van der Waals surface area contributed by atoms with Crippen LogP contribution in [0.4, 0.5) is 19.1 Å². The second kappa shape index (κ2) is 10.5. The number of rotatable bonds is 9. The molecular formula is C23H26F3N5O5S. The fraction of sp³-hybridized carbons (Fsp3) is 0.435. The molecule has 0 spiro atoms. The van der Waals surface area contributed by atoms with Gasteiger partial charge in [-0.15, -0.1) is 0 Å². The number of benzene rings is 1. The van der Waals surface area contributed by atoms with E-state index in [0.717, 1.165) is 31.1 Å². The highest BCUT2D eigenvalue weighted by Gasteiger charge is 2.49. The molecule has 1 atom stereocenters. The van der Waals surface area contributed by atoms with E-state index in [-0.39, 0.29) is 23.4 Å².